The van der Waals surface area contributed by atoms with Gasteiger partial charge in [0.25, 0.3) is 10.0 Å². The van der Waals surface area contributed by atoms with Gasteiger partial charge in [-0.05, 0) is 46.3 Å². The van der Waals surface area contributed by atoms with Crippen molar-refractivity contribution in [3.63, 3.8) is 0 Å². The molecule has 1 aromatic heterocycles. The Hall–Kier alpha value is -1.98. The molecule has 0 aliphatic rings. The molecule has 0 spiro atoms. The first kappa shape index (κ1) is 14.4. The van der Waals surface area contributed by atoms with Crippen LogP contribution >= 0.6 is 15.9 Å². The van der Waals surface area contributed by atoms with E-state index in [0.717, 1.165) is 18.2 Å². The summed E-state index contributed by atoms with van der Waals surface area (Å²) in [5.41, 5.74) is -0.340. The number of benzene rings is 1. The number of nitrogens with one attached hydrogen (secondary N) is 1. The molecule has 2 rings (SSSR count). The van der Waals surface area contributed by atoms with Crippen molar-refractivity contribution in [3.8, 4) is 6.07 Å². The zero-order valence-electron chi connectivity index (χ0n) is 9.84. The van der Waals surface area contributed by atoms with Crippen LogP contribution in [0, 0.1) is 17.1 Å². The quantitative estimate of drug-likeness (QED) is 0.917. The lowest BCUT2D eigenvalue weighted by Gasteiger charge is -2.08. The van der Waals surface area contributed by atoms with Crippen molar-refractivity contribution in [1.82, 2.24) is 4.98 Å². The van der Waals surface area contributed by atoms with Gasteiger partial charge in [0.1, 0.15) is 11.9 Å². The van der Waals surface area contributed by atoms with E-state index in [1.807, 2.05) is 0 Å². The van der Waals surface area contributed by atoms with Crippen LogP contribution < -0.4 is 4.72 Å². The molecule has 0 aliphatic carbocycles. The molecule has 20 heavy (non-hydrogen) atoms. The van der Waals surface area contributed by atoms with Crippen molar-refractivity contribution in [2.45, 2.75) is 4.90 Å². The van der Waals surface area contributed by atoms with Gasteiger partial charge in [0.05, 0.1) is 14.9 Å². The number of nitriles is 1. The summed E-state index contributed by atoms with van der Waals surface area (Å²) in [4.78, 5) is 3.66. The molecule has 0 radical (unpaired) electrons. The number of sulfonamides is 1. The van der Waals surface area contributed by atoms with Gasteiger partial charge >= 0.3 is 0 Å². The Kier molecular flexibility index (Phi) is 4.01. The van der Waals surface area contributed by atoms with E-state index in [4.69, 9.17) is 5.26 Å². The third-order valence-corrected chi connectivity index (χ3v) is 4.33. The van der Waals surface area contributed by atoms with E-state index in [0.29, 0.717) is 4.47 Å². The van der Waals surface area contributed by atoms with Gasteiger partial charge in [-0.25, -0.2) is 17.8 Å². The average molecular weight is 356 g/mol. The van der Waals surface area contributed by atoms with E-state index in [9.17, 15) is 12.8 Å². The van der Waals surface area contributed by atoms with Crippen LogP contribution in [0.1, 0.15) is 5.56 Å². The Morgan fingerprint density at radius 2 is 2.10 bits per heavy atom. The molecular formula is C12H7BrFN3O2S. The summed E-state index contributed by atoms with van der Waals surface area (Å²) in [6.07, 6.45) is 1.42. The van der Waals surface area contributed by atoms with E-state index in [-0.39, 0.29) is 16.3 Å². The number of rotatable bonds is 3. The molecule has 8 heteroatoms. The SMILES string of the molecule is N#Cc1cc(S(=O)(=O)Nc2ncccc2Br)ccc1F. The zero-order valence-corrected chi connectivity index (χ0v) is 12.2. The van der Waals surface area contributed by atoms with Gasteiger partial charge in [-0.15, -0.1) is 0 Å². The first-order chi connectivity index (χ1) is 9.44. The second-order valence-electron chi connectivity index (χ2n) is 3.69. The largest absolute Gasteiger partial charge is 0.263 e. The number of hydrogen-bond donors (Lipinski definition) is 1. The van der Waals surface area contributed by atoms with Gasteiger partial charge < -0.3 is 0 Å². The molecule has 0 saturated carbocycles. The topological polar surface area (TPSA) is 82.8 Å². The van der Waals surface area contributed by atoms with Gasteiger partial charge in [0, 0.05) is 6.20 Å². The minimum absolute atomic E-state index is 0.107. The van der Waals surface area contributed by atoms with Crippen LogP contribution in [-0.2, 0) is 10.0 Å². The standard InChI is InChI=1S/C12H7BrFN3O2S/c13-10-2-1-5-16-12(10)17-20(18,19)9-3-4-11(14)8(6-9)7-15/h1-6H,(H,16,17). The molecule has 0 atom stereocenters. The third kappa shape index (κ3) is 2.95. The second kappa shape index (κ2) is 5.56. The van der Waals surface area contributed by atoms with Crippen LogP contribution in [0.3, 0.4) is 0 Å². The normalized spacial score (nSPS) is 10.8. The van der Waals surface area contributed by atoms with Gasteiger partial charge in [0.15, 0.2) is 5.82 Å². The molecule has 0 fully saturated rings. The number of halogens is 2. The van der Waals surface area contributed by atoms with Crippen LogP contribution in [-0.4, -0.2) is 13.4 Å². The Labute approximate surface area is 123 Å². The summed E-state index contributed by atoms with van der Waals surface area (Å²) in [6.45, 7) is 0. The Bertz CT molecular complexity index is 803. The van der Waals surface area contributed by atoms with Crippen LogP contribution in [0.15, 0.2) is 45.9 Å². The van der Waals surface area contributed by atoms with Crippen LogP contribution in [0.5, 0.6) is 0 Å². The summed E-state index contributed by atoms with van der Waals surface area (Å²) in [5, 5.41) is 8.72. The lowest BCUT2D eigenvalue weighted by Crippen LogP contribution is -2.14. The van der Waals surface area contributed by atoms with Crippen molar-refractivity contribution in [2.75, 3.05) is 4.72 Å². The highest BCUT2D eigenvalue weighted by Gasteiger charge is 2.18. The highest BCUT2D eigenvalue weighted by molar-refractivity contribution is 9.10. The van der Waals surface area contributed by atoms with Crippen molar-refractivity contribution in [2.24, 2.45) is 0 Å². The molecule has 0 unspecified atom stereocenters. The molecule has 1 N–H and O–H groups in total. The van der Waals surface area contributed by atoms with Crippen LogP contribution in [0.2, 0.25) is 0 Å². The minimum Gasteiger partial charge on any atom is -0.262 e. The maximum Gasteiger partial charge on any atom is 0.263 e. The van der Waals surface area contributed by atoms with Crippen molar-refractivity contribution < 1.29 is 12.8 Å². The average Bonchev–Trinajstić information content (AvgIpc) is 2.41. The molecule has 1 aromatic carbocycles. The van der Waals surface area contributed by atoms with E-state index < -0.39 is 15.8 Å². The fourth-order valence-electron chi connectivity index (χ4n) is 1.40. The van der Waals surface area contributed by atoms with E-state index >= 15 is 0 Å². The van der Waals surface area contributed by atoms with Crippen molar-refractivity contribution in [1.29, 1.82) is 5.26 Å². The molecular weight excluding hydrogens is 349 g/mol. The summed E-state index contributed by atoms with van der Waals surface area (Å²) >= 11 is 3.16. The predicted octanol–water partition coefficient (Wildman–Crippen LogP) is 2.66. The number of anilines is 1. The number of hydrogen-bond acceptors (Lipinski definition) is 4. The second-order valence-corrected chi connectivity index (χ2v) is 6.23. The number of nitrogens with zero attached hydrogens (tertiary/aromatic N) is 2. The highest BCUT2D eigenvalue weighted by Crippen LogP contribution is 2.22. The van der Waals surface area contributed by atoms with Gasteiger partial charge in [0.2, 0.25) is 0 Å². The maximum absolute atomic E-state index is 13.2. The Morgan fingerprint density at radius 1 is 1.35 bits per heavy atom. The minimum atomic E-state index is -3.95. The molecule has 0 bridgehead atoms. The molecule has 5 nitrogen and oxygen atoms in total. The lowest BCUT2D eigenvalue weighted by molar-refractivity contribution is 0.599. The third-order valence-electron chi connectivity index (χ3n) is 2.36. The van der Waals surface area contributed by atoms with Crippen LogP contribution in [0.4, 0.5) is 10.2 Å². The highest BCUT2D eigenvalue weighted by atomic mass is 79.9. The molecule has 1 heterocycles. The molecule has 102 valence electrons. The molecule has 0 amide bonds. The van der Waals surface area contributed by atoms with Gasteiger partial charge in [-0.1, -0.05) is 0 Å². The lowest BCUT2D eigenvalue weighted by atomic mass is 10.2. The summed E-state index contributed by atoms with van der Waals surface area (Å²) in [6, 6.07) is 7.82. The zero-order chi connectivity index (χ0) is 14.8. The number of pyridine rings is 1. The fourth-order valence-corrected chi connectivity index (χ4v) is 2.94. The van der Waals surface area contributed by atoms with Crippen molar-refractivity contribution >= 4 is 31.8 Å². The number of aromatic nitrogens is 1. The first-order valence-corrected chi connectivity index (χ1v) is 7.54. The van der Waals surface area contributed by atoms with E-state index in [1.54, 1.807) is 18.2 Å². The summed E-state index contributed by atoms with van der Waals surface area (Å²) in [5.74, 6) is -0.666. The van der Waals surface area contributed by atoms with Gasteiger partial charge in [-0.3, -0.25) is 4.72 Å². The van der Waals surface area contributed by atoms with E-state index in [1.165, 1.54) is 6.20 Å². The summed E-state index contributed by atoms with van der Waals surface area (Å²) < 4.78 is 40.2. The molecule has 0 aliphatic heterocycles. The smallest absolute Gasteiger partial charge is 0.262 e. The maximum atomic E-state index is 13.2. The predicted molar refractivity (Wildman–Crippen MR) is 73.9 cm³/mol. The van der Waals surface area contributed by atoms with Crippen LogP contribution in [0.25, 0.3) is 0 Å². The fraction of sp³-hybridized carbons (Fsp3) is 0. The monoisotopic (exact) mass is 355 g/mol. The Balaban J connectivity index is 2.42. The molecule has 0 saturated heterocycles. The van der Waals surface area contributed by atoms with Crippen molar-refractivity contribution in [3.05, 3.63) is 52.4 Å². The Morgan fingerprint density at radius 3 is 2.75 bits per heavy atom. The summed E-state index contributed by atoms with van der Waals surface area (Å²) in [7, 11) is -3.95. The first-order valence-electron chi connectivity index (χ1n) is 5.27. The molecule has 2 aromatic rings. The van der Waals surface area contributed by atoms with Gasteiger partial charge in [-0.2, -0.15) is 5.26 Å². The van der Waals surface area contributed by atoms with E-state index in [2.05, 4.69) is 25.6 Å².